The summed E-state index contributed by atoms with van der Waals surface area (Å²) in [5.41, 5.74) is 0.991. The van der Waals surface area contributed by atoms with E-state index in [2.05, 4.69) is 4.72 Å². The Morgan fingerprint density at radius 1 is 1.26 bits per heavy atom. The number of hydrogen-bond acceptors (Lipinski definition) is 3. The summed E-state index contributed by atoms with van der Waals surface area (Å²) in [4.78, 5) is 11.1. The minimum atomic E-state index is -3.55. The van der Waals surface area contributed by atoms with Crippen LogP contribution in [0.15, 0.2) is 29.2 Å². The lowest BCUT2D eigenvalue weighted by molar-refractivity contribution is -0.141. The Bertz CT molecular complexity index is 565. The highest BCUT2D eigenvalue weighted by Crippen LogP contribution is 2.27. The molecule has 5 nitrogen and oxygen atoms in total. The Kier molecular flexibility index (Phi) is 3.91. The van der Waals surface area contributed by atoms with Crippen LogP contribution in [0.5, 0.6) is 0 Å². The summed E-state index contributed by atoms with van der Waals surface area (Å²) >= 11 is 0. The van der Waals surface area contributed by atoms with Crippen LogP contribution >= 0.6 is 0 Å². The summed E-state index contributed by atoms with van der Waals surface area (Å²) in [5.74, 6) is -1.29. The molecule has 0 heterocycles. The van der Waals surface area contributed by atoms with Gasteiger partial charge in [0.15, 0.2) is 0 Å². The topological polar surface area (TPSA) is 83.5 Å². The number of hydrogen-bond donors (Lipinski definition) is 2. The fourth-order valence-corrected chi connectivity index (χ4v) is 3.60. The number of carboxylic acids is 1. The quantitative estimate of drug-likeness (QED) is 0.877. The molecule has 6 heteroatoms. The molecule has 104 valence electrons. The molecule has 2 rings (SSSR count). The molecule has 1 aromatic rings. The molecule has 2 N–H and O–H groups in total. The van der Waals surface area contributed by atoms with Gasteiger partial charge in [-0.25, -0.2) is 13.1 Å². The van der Waals surface area contributed by atoms with Crippen molar-refractivity contribution >= 4 is 16.0 Å². The molecule has 1 aliphatic carbocycles. The van der Waals surface area contributed by atoms with Gasteiger partial charge in [-0.2, -0.15) is 0 Å². The van der Waals surface area contributed by atoms with Crippen molar-refractivity contribution in [1.29, 1.82) is 0 Å². The number of nitrogens with one attached hydrogen (secondary N) is 1. The van der Waals surface area contributed by atoms with Crippen LogP contribution in [0.4, 0.5) is 0 Å². The molecule has 0 radical (unpaired) electrons. The van der Waals surface area contributed by atoms with Gasteiger partial charge < -0.3 is 5.11 Å². The van der Waals surface area contributed by atoms with E-state index in [9.17, 15) is 13.2 Å². The molecule has 1 saturated carbocycles. The minimum absolute atomic E-state index is 0.219. The molecule has 19 heavy (non-hydrogen) atoms. The van der Waals surface area contributed by atoms with Crippen LogP contribution in [0.25, 0.3) is 0 Å². The smallest absolute Gasteiger partial charge is 0.306 e. The van der Waals surface area contributed by atoms with Crippen molar-refractivity contribution in [2.45, 2.75) is 37.1 Å². The maximum Gasteiger partial charge on any atom is 0.306 e. The van der Waals surface area contributed by atoms with Gasteiger partial charge in [-0.1, -0.05) is 17.7 Å². The second-order valence-corrected chi connectivity index (χ2v) is 6.69. The number of aryl methyl sites for hydroxylation is 1. The van der Waals surface area contributed by atoms with E-state index in [1.807, 2.05) is 6.92 Å². The van der Waals surface area contributed by atoms with Crippen LogP contribution in [-0.4, -0.2) is 25.5 Å². The van der Waals surface area contributed by atoms with Gasteiger partial charge in [0.05, 0.1) is 10.8 Å². The maximum atomic E-state index is 12.1. The number of carbonyl (C=O) groups is 1. The summed E-state index contributed by atoms with van der Waals surface area (Å²) in [7, 11) is -3.55. The first kappa shape index (κ1) is 14.0. The molecule has 2 atom stereocenters. The van der Waals surface area contributed by atoms with Crippen molar-refractivity contribution < 1.29 is 18.3 Å². The number of benzene rings is 1. The summed E-state index contributed by atoms with van der Waals surface area (Å²) < 4.78 is 26.8. The lowest BCUT2D eigenvalue weighted by atomic mass is 10.1. The Balaban J connectivity index is 2.06. The Morgan fingerprint density at radius 2 is 1.89 bits per heavy atom. The van der Waals surface area contributed by atoms with Crippen LogP contribution in [0.2, 0.25) is 0 Å². The largest absolute Gasteiger partial charge is 0.481 e. The van der Waals surface area contributed by atoms with Crippen molar-refractivity contribution in [2.24, 2.45) is 5.92 Å². The van der Waals surface area contributed by atoms with Crippen LogP contribution in [0.1, 0.15) is 24.8 Å². The molecule has 1 aliphatic rings. The van der Waals surface area contributed by atoms with Crippen LogP contribution in [0, 0.1) is 12.8 Å². The molecule has 2 unspecified atom stereocenters. The Labute approximate surface area is 112 Å². The zero-order chi connectivity index (χ0) is 14.0. The zero-order valence-corrected chi connectivity index (χ0v) is 11.5. The van der Waals surface area contributed by atoms with E-state index >= 15 is 0 Å². The van der Waals surface area contributed by atoms with Gasteiger partial charge in [-0.05, 0) is 38.3 Å². The van der Waals surface area contributed by atoms with E-state index in [1.54, 1.807) is 24.3 Å². The second-order valence-electron chi connectivity index (χ2n) is 4.98. The molecular formula is C13H17NO4S. The van der Waals surface area contributed by atoms with Gasteiger partial charge in [0.1, 0.15) is 0 Å². The zero-order valence-electron chi connectivity index (χ0n) is 10.7. The lowest BCUT2D eigenvalue weighted by Crippen LogP contribution is -2.33. The van der Waals surface area contributed by atoms with E-state index < -0.39 is 21.9 Å². The van der Waals surface area contributed by atoms with E-state index in [0.29, 0.717) is 19.3 Å². The van der Waals surface area contributed by atoms with Gasteiger partial charge >= 0.3 is 5.97 Å². The molecule has 0 saturated heterocycles. The van der Waals surface area contributed by atoms with Crippen LogP contribution in [-0.2, 0) is 14.8 Å². The monoisotopic (exact) mass is 283 g/mol. The average molecular weight is 283 g/mol. The third kappa shape index (κ3) is 3.33. The first-order chi connectivity index (χ1) is 8.88. The Morgan fingerprint density at radius 3 is 2.42 bits per heavy atom. The molecule has 1 aromatic carbocycles. The minimum Gasteiger partial charge on any atom is -0.481 e. The first-order valence-electron chi connectivity index (χ1n) is 6.20. The van der Waals surface area contributed by atoms with E-state index in [-0.39, 0.29) is 10.9 Å². The molecular weight excluding hydrogens is 266 g/mol. The predicted molar refractivity (Wildman–Crippen MR) is 70.3 cm³/mol. The molecule has 0 aromatic heterocycles. The number of sulfonamides is 1. The SMILES string of the molecule is Cc1ccc(S(=O)(=O)NC2CCC(C(=O)O)C2)cc1. The van der Waals surface area contributed by atoms with Gasteiger partial charge in [-0.3, -0.25) is 4.79 Å². The highest BCUT2D eigenvalue weighted by Gasteiger charge is 2.32. The fraction of sp³-hybridized carbons (Fsp3) is 0.462. The van der Waals surface area contributed by atoms with Crippen molar-refractivity contribution in [3.8, 4) is 0 Å². The van der Waals surface area contributed by atoms with Crippen molar-refractivity contribution in [3.63, 3.8) is 0 Å². The number of aliphatic carboxylic acids is 1. The maximum absolute atomic E-state index is 12.1. The fourth-order valence-electron chi connectivity index (χ4n) is 2.32. The first-order valence-corrected chi connectivity index (χ1v) is 7.68. The average Bonchev–Trinajstić information content (AvgIpc) is 2.77. The highest BCUT2D eigenvalue weighted by molar-refractivity contribution is 7.89. The van der Waals surface area contributed by atoms with Crippen molar-refractivity contribution in [1.82, 2.24) is 4.72 Å². The molecule has 0 amide bonds. The summed E-state index contributed by atoms with van der Waals surface area (Å²) in [6.45, 7) is 1.89. The van der Waals surface area contributed by atoms with Gasteiger partial charge in [-0.15, -0.1) is 0 Å². The van der Waals surface area contributed by atoms with E-state index in [0.717, 1.165) is 5.56 Å². The molecule has 0 spiro atoms. The summed E-state index contributed by atoms with van der Waals surface area (Å²) in [6, 6.07) is 6.31. The molecule has 0 aliphatic heterocycles. The van der Waals surface area contributed by atoms with Gasteiger partial charge in [0, 0.05) is 6.04 Å². The highest BCUT2D eigenvalue weighted by atomic mass is 32.2. The van der Waals surface area contributed by atoms with Gasteiger partial charge in [0.25, 0.3) is 0 Å². The molecule has 1 fully saturated rings. The standard InChI is InChI=1S/C13H17NO4S/c1-9-2-6-12(7-3-9)19(17,18)14-11-5-4-10(8-11)13(15)16/h2-3,6-7,10-11,14H,4-5,8H2,1H3,(H,15,16). The third-order valence-corrected chi connectivity index (χ3v) is 4.97. The van der Waals surface area contributed by atoms with E-state index in [4.69, 9.17) is 5.11 Å². The van der Waals surface area contributed by atoms with Crippen LogP contribution < -0.4 is 4.72 Å². The summed E-state index contributed by atoms with van der Waals surface area (Å²) in [6.07, 6.45) is 1.46. The van der Waals surface area contributed by atoms with E-state index in [1.165, 1.54) is 0 Å². The second kappa shape index (κ2) is 5.30. The normalized spacial score (nSPS) is 23.4. The lowest BCUT2D eigenvalue weighted by Gasteiger charge is -2.13. The third-order valence-electron chi connectivity index (χ3n) is 3.43. The Hall–Kier alpha value is -1.40. The molecule has 0 bridgehead atoms. The van der Waals surface area contributed by atoms with Crippen molar-refractivity contribution in [3.05, 3.63) is 29.8 Å². The van der Waals surface area contributed by atoms with Crippen molar-refractivity contribution in [2.75, 3.05) is 0 Å². The predicted octanol–water partition coefficient (Wildman–Crippen LogP) is 1.53. The van der Waals surface area contributed by atoms with Gasteiger partial charge in [0.2, 0.25) is 10.0 Å². The number of rotatable bonds is 4. The summed E-state index contributed by atoms with van der Waals surface area (Å²) in [5, 5.41) is 8.90. The van der Waals surface area contributed by atoms with Crippen LogP contribution in [0.3, 0.4) is 0 Å². The number of carboxylic acid groups (broad SMARTS) is 1.